The van der Waals surface area contributed by atoms with E-state index in [1.165, 1.54) is 23.0 Å². The van der Waals surface area contributed by atoms with Gasteiger partial charge in [-0.2, -0.15) is 0 Å². The van der Waals surface area contributed by atoms with Gasteiger partial charge in [0.05, 0.1) is 11.2 Å². The number of benzene rings is 1. The topological polar surface area (TPSA) is 54.0 Å². The van der Waals surface area contributed by atoms with E-state index >= 15 is 0 Å². The monoisotopic (exact) mass is 329 g/mol. The SMILES string of the molecule is C[C@@H](NC(C)(C)CNC(=O)/C=C\c1cscn1)c1ccccc1. The lowest BCUT2D eigenvalue weighted by Gasteiger charge is -2.30. The third kappa shape index (κ3) is 5.96. The van der Waals surface area contributed by atoms with Gasteiger partial charge in [0.2, 0.25) is 5.91 Å². The molecule has 0 saturated carbocycles. The highest BCUT2D eigenvalue weighted by atomic mass is 32.1. The van der Waals surface area contributed by atoms with E-state index in [2.05, 4.69) is 48.5 Å². The number of hydrogen-bond acceptors (Lipinski definition) is 4. The number of amides is 1. The fourth-order valence-corrected chi connectivity index (χ4v) is 2.82. The minimum absolute atomic E-state index is 0.111. The Hall–Kier alpha value is -1.98. The summed E-state index contributed by atoms with van der Waals surface area (Å²) in [5, 5.41) is 8.38. The Morgan fingerprint density at radius 3 is 2.74 bits per heavy atom. The zero-order valence-electron chi connectivity index (χ0n) is 13.7. The zero-order valence-corrected chi connectivity index (χ0v) is 14.6. The lowest BCUT2D eigenvalue weighted by Crippen LogP contribution is -2.49. The molecule has 2 N–H and O–H groups in total. The number of thiazole rings is 1. The average molecular weight is 329 g/mol. The summed E-state index contributed by atoms with van der Waals surface area (Å²) >= 11 is 1.51. The van der Waals surface area contributed by atoms with Crippen LogP contribution in [0.15, 0.2) is 47.3 Å². The molecule has 23 heavy (non-hydrogen) atoms. The van der Waals surface area contributed by atoms with Crippen molar-refractivity contribution in [3.05, 3.63) is 58.6 Å². The highest BCUT2D eigenvalue weighted by Gasteiger charge is 2.21. The van der Waals surface area contributed by atoms with Gasteiger partial charge in [-0.15, -0.1) is 11.3 Å². The first-order valence-corrected chi connectivity index (χ1v) is 8.57. The normalized spacial score (nSPS) is 13.2. The molecule has 0 saturated heterocycles. The van der Waals surface area contributed by atoms with Crippen molar-refractivity contribution >= 4 is 23.3 Å². The second-order valence-electron chi connectivity index (χ2n) is 6.13. The molecule has 0 spiro atoms. The van der Waals surface area contributed by atoms with E-state index < -0.39 is 0 Å². The van der Waals surface area contributed by atoms with Crippen LogP contribution in [0.25, 0.3) is 6.08 Å². The Balaban J connectivity index is 1.82. The fraction of sp³-hybridized carbons (Fsp3) is 0.333. The number of nitrogens with one attached hydrogen (secondary N) is 2. The van der Waals surface area contributed by atoms with Gasteiger partial charge >= 0.3 is 0 Å². The van der Waals surface area contributed by atoms with Crippen molar-refractivity contribution < 1.29 is 4.79 Å². The van der Waals surface area contributed by atoms with E-state index in [1.807, 2.05) is 23.6 Å². The molecule has 0 aliphatic carbocycles. The molecule has 122 valence electrons. The van der Waals surface area contributed by atoms with Crippen molar-refractivity contribution in [1.29, 1.82) is 0 Å². The Bertz CT molecular complexity index is 636. The smallest absolute Gasteiger partial charge is 0.244 e. The van der Waals surface area contributed by atoms with Gasteiger partial charge in [-0.05, 0) is 32.4 Å². The van der Waals surface area contributed by atoms with E-state index in [0.717, 1.165) is 5.69 Å². The molecule has 0 aliphatic heterocycles. The molecule has 1 heterocycles. The van der Waals surface area contributed by atoms with Crippen LogP contribution in [0.2, 0.25) is 0 Å². The molecule has 4 nitrogen and oxygen atoms in total. The van der Waals surface area contributed by atoms with Crippen LogP contribution >= 0.6 is 11.3 Å². The Morgan fingerprint density at radius 2 is 2.09 bits per heavy atom. The lowest BCUT2D eigenvalue weighted by molar-refractivity contribution is -0.116. The molecule has 1 amide bonds. The first-order valence-electron chi connectivity index (χ1n) is 7.63. The molecule has 2 rings (SSSR count). The predicted molar refractivity (Wildman–Crippen MR) is 96.2 cm³/mol. The van der Waals surface area contributed by atoms with Crippen molar-refractivity contribution in [3.63, 3.8) is 0 Å². The van der Waals surface area contributed by atoms with Crippen LogP contribution in [0.4, 0.5) is 0 Å². The first kappa shape index (κ1) is 17.4. The van der Waals surface area contributed by atoms with Crippen LogP contribution in [-0.2, 0) is 4.79 Å². The van der Waals surface area contributed by atoms with Gasteiger partial charge in [0.15, 0.2) is 0 Å². The van der Waals surface area contributed by atoms with E-state index in [9.17, 15) is 4.79 Å². The number of aromatic nitrogens is 1. The molecule has 0 bridgehead atoms. The van der Waals surface area contributed by atoms with Crippen molar-refractivity contribution in [2.75, 3.05) is 6.54 Å². The number of nitrogens with zero attached hydrogens (tertiary/aromatic N) is 1. The Kier molecular flexibility index (Phi) is 6.07. The fourth-order valence-electron chi connectivity index (χ4n) is 2.29. The van der Waals surface area contributed by atoms with Crippen molar-refractivity contribution in [2.24, 2.45) is 0 Å². The molecule has 0 aliphatic rings. The third-order valence-corrected chi connectivity index (χ3v) is 4.07. The Morgan fingerprint density at radius 1 is 1.35 bits per heavy atom. The summed E-state index contributed by atoms with van der Waals surface area (Å²) in [4.78, 5) is 16.0. The van der Waals surface area contributed by atoms with Crippen LogP contribution < -0.4 is 10.6 Å². The second-order valence-corrected chi connectivity index (χ2v) is 6.84. The number of carbonyl (C=O) groups excluding carboxylic acids is 1. The van der Waals surface area contributed by atoms with E-state index in [0.29, 0.717) is 6.54 Å². The van der Waals surface area contributed by atoms with E-state index in [1.54, 1.807) is 11.6 Å². The standard InChI is InChI=1S/C18H23N3OS/c1-14(15-7-5-4-6-8-15)21-18(2,3)12-19-17(22)10-9-16-11-23-13-20-16/h4-11,13-14,21H,12H2,1-3H3,(H,19,22)/b10-9-/t14-/m1/s1. The van der Waals surface area contributed by atoms with Crippen LogP contribution in [0, 0.1) is 0 Å². The second kappa shape index (κ2) is 8.04. The Labute approximate surface area is 141 Å². The van der Waals surface area contributed by atoms with Gasteiger partial charge in [-0.25, -0.2) is 4.98 Å². The highest BCUT2D eigenvalue weighted by molar-refractivity contribution is 7.07. The molecule has 0 unspecified atom stereocenters. The summed E-state index contributed by atoms with van der Waals surface area (Å²) in [7, 11) is 0. The predicted octanol–water partition coefficient (Wildman–Crippen LogP) is 3.40. The van der Waals surface area contributed by atoms with Crippen LogP contribution in [0.1, 0.15) is 38.1 Å². The summed E-state index contributed by atoms with van der Waals surface area (Å²) in [6.07, 6.45) is 3.24. The van der Waals surface area contributed by atoms with E-state index in [4.69, 9.17) is 0 Å². The summed E-state index contributed by atoms with van der Waals surface area (Å²) in [5.41, 5.74) is 3.57. The van der Waals surface area contributed by atoms with Gasteiger partial charge in [0.1, 0.15) is 0 Å². The molecule has 2 aromatic rings. The van der Waals surface area contributed by atoms with Gasteiger partial charge in [0, 0.05) is 29.6 Å². The number of rotatable bonds is 7. The number of hydrogen-bond donors (Lipinski definition) is 2. The maximum absolute atomic E-state index is 11.9. The van der Waals surface area contributed by atoms with Gasteiger partial charge in [-0.1, -0.05) is 30.3 Å². The molecule has 5 heteroatoms. The average Bonchev–Trinajstić information content (AvgIpc) is 3.05. The minimum atomic E-state index is -0.209. The molecule has 0 fully saturated rings. The van der Waals surface area contributed by atoms with Crippen molar-refractivity contribution in [2.45, 2.75) is 32.4 Å². The zero-order chi connectivity index (χ0) is 16.7. The molecule has 1 aromatic carbocycles. The minimum Gasteiger partial charge on any atom is -0.351 e. The third-order valence-electron chi connectivity index (χ3n) is 3.47. The van der Waals surface area contributed by atoms with Gasteiger partial charge in [0.25, 0.3) is 0 Å². The van der Waals surface area contributed by atoms with Crippen LogP contribution in [-0.4, -0.2) is 23.0 Å². The quantitative estimate of drug-likeness (QED) is 0.766. The molecular formula is C18H23N3OS. The maximum Gasteiger partial charge on any atom is 0.244 e. The molecule has 1 aromatic heterocycles. The largest absolute Gasteiger partial charge is 0.351 e. The van der Waals surface area contributed by atoms with Crippen molar-refractivity contribution in [3.8, 4) is 0 Å². The lowest BCUT2D eigenvalue weighted by atomic mass is 10.0. The van der Waals surface area contributed by atoms with Gasteiger partial charge in [-0.3, -0.25) is 4.79 Å². The maximum atomic E-state index is 11.9. The van der Waals surface area contributed by atoms with Crippen LogP contribution in [0.3, 0.4) is 0 Å². The van der Waals surface area contributed by atoms with Gasteiger partial charge < -0.3 is 10.6 Å². The van der Waals surface area contributed by atoms with Crippen LogP contribution in [0.5, 0.6) is 0 Å². The first-order chi connectivity index (χ1) is 11.0. The van der Waals surface area contributed by atoms with E-state index in [-0.39, 0.29) is 17.5 Å². The number of carbonyl (C=O) groups is 1. The summed E-state index contributed by atoms with van der Waals surface area (Å²) < 4.78 is 0. The molecule has 1 atom stereocenters. The summed E-state index contributed by atoms with van der Waals surface area (Å²) in [5.74, 6) is -0.111. The summed E-state index contributed by atoms with van der Waals surface area (Å²) in [6, 6.07) is 10.5. The molecular weight excluding hydrogens is 306 g/mol. The molecule has 0 radical (unpaired) electrons. The van der Waals surface area contributed by atoms with Crippen molar-refractivity contribution in [1.82, 2.24) is 15.6 Å². The highest BCUT2D eigenvalue weighted by Crippen LogP contribution is 2.15. The summed E-state index contributed by atoms with van der Waals surface area (Å²) in [6.45, 7) is 6.83.